The number of ether oxygens (including phenoxy) is 1. The van der Waals surface area contributed by atoms with Crippen LogP contribution in [0.1, 0.15) is 55.5 Å². The van der Waals surface area contributed by atoms with Crippen molar-refractivity contribution in [2.24, 2.45) is 15.8 Å². The van der Waals surface area contributed by atoms with Gasteiger partial charge in [-0.3, -0.25) is 9.79 Å². The van der Waals surface area contributed by atoms with E-state index in [0.717, 1.165) is 24.8 Å². The molecule has 1 heterocycles. The Morgan fingerprint density at radius 3 is 2.44 bits per heavy atom. The van der Waals surface area contributed by atoms with E-state index in [1.54, 1.807) is 24.3 Å². The second-order valence-electron chi connectivity index (χ2n) is 8.00. The number of carbonyl (C=O) groups is 2. The largest absolute Gasteiger partial charge is 0.478 e. The zero-order chi connectivity index (χ0) is 18.1. The van der Waals surface area contributed by atoms with Gasteiger partial charge in [0.05, 0.1) is 17.8 Å². The van der Waals surface area contributed by atoms with Crippen molar-refractivity contribution in [3.8, 4) is 0 Å². The van der Waals surface area contributed by atoms with Gasteiger partial charge in [-0.05, 0) is 48.8 Å². The van der Waals surface area contributed by atoms with Gasteiger partial charge in [0.25, 0.3) is 0 Å². The van der Waals surface area contributed by atoms with Crippen LogP contribution in [0.25, 0.3) is 0 Å². The van der Waals surface area contributed by atoms with Crippen LogP contribution in [-0.2, 0) is 16.1 Å². The summed E-state index contributed by atoms with van der Waals surface area (Å²) in [7, 11) is 0. The number of hydrogen-bond acceptors (Lipinski definition) is 4. The molecule has 134 valence electrons. The smallest absolute Gasteiger partial charge is 0.335 e. The predicted octanol–water partition coefficient (Wildman–Crippen LogP) is 3.51. The molecule has 1 saturated carbocycles. The molecule has 0 bridgehead atoms. The molecule has 5 nitrogen and oxygen atoms in total. The van der Waals surface area contributed by atoms with Gasteiger partial charge in [0.1, 0.15) is 0 Å². The highest BCUT2D eigenvalue weighted by molar-refractivity contribution is 6.42. The highest BCUT2D eigenvalue weighted by atomic mass is 16.5. The minimum Gasteiger partial charge on any atom is -0.478 e. The summed E-state index contributed by atoms with van der Waals surface area (Å²) in [5, 5.41) is 8.96. The van der Waals surface area contributed by atoms with E-state index in [0.29, 0.717) is 31.9 Å². The molecule has 0 amide bonds. The van der Waals surface area contributed by atoms with Gasteiger partial charge in [-0.15, -0.1) is 0 Å². The van der Waals surface area contributed by atoms with E-state index in [1.807, 2.05) is 0 Å². The number of benzene rings is 1. The molecule has 3 rings (SSSR count). The number of nitrogens with zero attached hydrogens (tertiary/aromatic N) is 1. The van der Waals surface area contributed by atoms with Crippen molar-refractivity contribution in [3.63, 3.8) is 0 Å². The molecule has 1 aliphatic heterocycles. The van der Waals surface area contributed by atoms with Crippen LogP contribution in [0.3, 0.4) is 0 Å². The maximum Gasteiger partial charge on any atom is 0.335 e. The first-order valence-electron chi connectivity index (χ1n) is 8.80. The monoisotopic (exact) mass is 343 g/mol. The van der Waals surface area contributed by atoms with Crippen molar-refractivity contribution < 1.29 is 19.4 Å². The third kappa shape index (κ3) is 3.82. The summed E-state index contributed by atoms with van der Waals surface area (Å²) in [5.74, 6) is -0.749. The van der Waals surface area contributed by atoms with E-state index in [-0.39, 0.29) is 22.2 Å². The Labute approximate surface area is 148 Å². The zero-order valence-corrected chi connectivity index (χ0v) is 14.9. The van der Waals surface area contributed by atoms with E-state index in [9.17, 15) is 9.59 Å². The summed E-state index contributed by atoms with van der Waals surface area (Å²) in [6.45, 7) is 6.10. The molecule has 1 spiro atoms. The molecule has 1 aliphatic carbocycles. The molecule has 1 aromatic rings. The van der Waals surface area contributed by atoms with Crippen LogP contribution in [0.4, 0.5) is 0 Å². The molecule has 0 unspecified atom stereocenters. The number of hydrogen-bond donors (Lipinski definition) is 1. The lowest BCUT2D eigenvalue weighted by Gasteiger charge is -2.46. The Hall–Kier alpha value is -2.01. The fourth-order valence-corrected chi connectivity index (χ4v) is 4.13. The molecule has 0 radical (unpaired) electrons. The first-order chi connectivity index (χ1) is 11.8. The van der Waals surface area contributed by atoms with Gasteiger partial charge in [-0.2, -0.15) is 0 Å². The lowest BCUT2D eigenvalue weighted by molar-refractivity contribution is -0.132. The number of rotatable bonds is 3. The van der Waals surface area contributed by atoms with Crippen molar-refractivity contribution in [2.45, 2.75) is 46.1 Å². The van der Waals surface area contributed by atoms with Gasteiger partial charge >= 0.3 is 5.97 Å². The fourth-order valence-electron chi connectivity index (χ4n) is 4.13. The summed E-state index contributed by atoms with van der Waals surface area (Å²) in [6, 6.07) is 6.67. The first-order valence-corrected chi connectivity index (χ1v) is 8.80. The highest BCUT2D eigenvalue weighted by Crippen LogP contribution is 2.48. The standard InChI is InChI=1S/C20H25NO4/c1-19(2)11-16(17(22)20(13-19)7-9-25-10-8-20)21-12-14-3-5-15(6-4-14)18(23)24/h3-6H,7-13H2,1-2H3,(H,23,24). The fraction of sp³-hybridized carbons (Fsp3) is 0.550. The minimum atomic E-state index is -0.941. The SMILES string of the molecule is CC1(C)CC(=NCc2ccc(C(=O)O)cc2)C(=O)C2(CCOCC2)C1. The summed E-state index contributed by atoms with van der Waals surface area (Å²) < 4.78 is 5.47. The Morgan fingerprint density at radius 2 is 1.84 bits per heavy atom. The van der Waals surface area contributed by atoms with E-state index in [2.05, 4.69) is 18.8 Å². The van der Waals surface area contributed by atoms with Crippen LogP contribution < -0.4 is 0 Å². The van der Waals surface area contributed by atoms with Gasteiger partial charge in [-0.25, -0.2) is 4.79 Å². The minimum absolute atomic E-state index is 0.0528. The Morgan fingerprint density at radius 1 is 1.20 bits per heavy atom. The Kier molecular flexibility index (Phi) is 4.78. The Bertz CT molecular complexity index is 697. The third-order valence-corrected chi connectivity index (χ3v) is 5.31. The summed E-state index contributed by atoms with van der Waals surface area (Å²) in [6.07, 6.45) is 3.15. The van der Waals surface area contributed by atoms with Gasteiger partial charge < -0.3 is 9.84 Å². The van der Waals surface area contributed by atoms with Crippen molar-refractivity contribution in [3.05, 3.63) is 35.4 Å². The molecule has 0 atom stereocenters. The molecule has 5 heteroatoms. The lowest BCUT2D eigenvalue weighted by Crippen LogP contribution is -2.49. The van der Waals surface area contributed by atoms with Gasteiger partial charge in [0.15, 0.2) is 5.78 Å². The average Bonchev–Trinajstić information content (AvgIpc) is 2.57. The van der Waals surface area contributed by atoms with Gasteiger partial charge in [-0.1, -0.05) is 26.0 Å². The summed E-state index contributed by atoms with van der Waals surface area (Å²) in [4.78, 5) is 28.6. The van der Waals surface area contributed by atoms with E-state index < -0.39 is 5.97 Å². The number of aliphatic imine (C=N–C) groups is 1. The highest BCUT2D eigenvalue weighted by Gasteiger charge is 2.49. The molecule has 2 aliphatic rings. The molecule has 1 saturated heterocycles. The lowest BCUT2D eigenvalue weighted by atomic mass is 9.59. The van der Waals surface area contributed by atoms with E-state index in [1.165, 1.54) is 0 Å². The number of ketones is 1. The van der Waals surface area contributed by atoms with Crippen molar-refractivity contribution in [2.75, 3.05) is 13.2 Å². The predicted molar refractivity (Wildman–Crippen MR) is 95.0 cm³/mol. The van der Waals surface area contributed by atoms with Crippen LogP contribution >= 0.6 is 0 Å². The number of aromatic carboxylic acids is 1. The topological polar surface area (TPSA) is 76.0 Å². The summed E-state index contributed by atoms with van der Waals surface area (Å²) >= 11 is 0. The molecule has 25 heavy (non-hydrogen) atoms. The molecule has 2 fully saturated rings. The van der Waals surface area contributed by atoms with Crippen LogP contribution in [0.15, 0.2) is 29.3 Å². The average molecular weight is 343 g/mol. The maximum absolute atomic E-state index is 13.1. The normalized spacial score (nSPS) is 23.8. The molecule has 0 aromatic heterocycles. The number of carboxylic acid groups (broad SMARTS) is 1. The second kappa shape index (κ2) is 6.71. The van der Waals surface area contributed by atoms with E-state index in [4.69, 9.17) is 9.84 Å². The van der Waals surface area contributed by atoms with Gasteiger partial charge in [0.2, 0.25) is 0 Å². The van der Waals surface area contributed by atoms with Crippen LogP contribution in [-0.4, -0.2) is 35.8 Å². The van der Waals surface area contributed by atoms with Crippen molar-refractivity contribution in [1.82, 2.24) is 0 Å². The van der Waals surface area contributed by atoms with E-state index >= 15 is 0 Å². The number of carboxylic acids is 1. The van der Waals surface area contributed by atoms with Crippen LogP contribution in [0.2, 0.25) is 0 Å². The molecule has 1 N–H and O–H groups in total. The zero-order valence-electron chi connectivity index (χ0n) is 14.9. The van der Waals surface area contributed by atoms with Gasteiger partial charge in [0, 0.05) is 18.6 Å². The first kappa shape index (κ1) is 17.8. The molecule has 1 aromatic carbocycles. The summed E-state index contributed by atoms with van der Waals surface area (Å²) in [5.41, 5.74) is 1.59. The van der Waals surface area contributed by atoms with Crippen molar-refractivity contribution in [1.29, 1.82) is 0 Å². The maximum atomic E-state index is 13.1. The van der Waals surface area contributed by atoms with Crippen LogP contribution in [0.5, 0.6) is 0 Å². The Balaban J connectivity index is 1.80. The number of carbonyl (C=O) groups excluding carboxylic acids is 1. The molecular formula is C20H25NO4. The van der Waals surface area contributed by atoms with Crippen LogP contribution in [0, 0.1) is 10.8 Å². The quantitative estimate of drug-likeness (QED) is 0.911. The third-order valence-electron chi connectivity index (χ3n) is 5.31. The molecular weight excluding hydrogens is 318 g/mol. The van der Waals surface area contributed by atoms with Crippen molar-refractivity contribution >= 4 is 17.5 Å². The number of Topliss-reactive ketones (excluding diaryl/α,β-unsaturated/α-hetero) is 1. The second-order valence-corrected chi connectivity index (χ2v) is 8.00.